The second-order valence-corrected chi connectivity index (χ2v) is 12.6. The van der Waals surface area contributed by atoms with E-state index >= 15 is 0 Å². The number of rotatable bonds is 14. The third kappa shape index (κ3) is 8.19. The number of aromatic nitrogens is 1. The second-order valence-electron chi connectivity index (χ2n) is 12.6. The fraction of sp³-hybridized carbons (Fsp3) is 0.256. The van der Waals surface area contributed by atoms with Crippen LogP contribution in [0.15, 0.2) is 152 Å². The summed E-state index contributed by atoms with van der Waals surface area (Å²) in [4.78, 5) is 0. The fourth-order valence-corrected chi connectivity index (χ4v) is 6.61. The standard InChI is InChI=1S/C43H43NO5/c1-44-37-25-15-14-24-36(37)26-38(44)40-42(47-29-34-20-10-4-11-21-34)43(48-30-35-22-12-5-13-23-35)41(46-28-33-18-8-3-9-19-33)39(49-40)31-45-27-32-16-6-2-7-17-32/h2-26,39-43H,27-31H2,1H3/t39-,40-,41-,42+,43+/m1/s1. The van der Waals surface area contributed by atoms with Crippen molar-refractivity contribution >= 4 is 10.9 Å². The summed E-state index contributed by atoms with van der Waals surface area (Å²) in [5, 5.41) is 1.14. The lowest BCUT2D eigenvalue weighted by Crippen LogP contribution is -2.58. The molecule has 0 saturated carbocycles. The van der Waals surface area contributed by atoms with Crippen molar-refractivity contribution in [3.8, 4) is 0 Å². The largest absolute Gasteiger partial charge is 0.374 e. The maximum Gasteiger partial charge on any atom is 0.127 e. The van der Waals surface area contributed by atoms with E-state index in [9.17, 15) is 0 Å². The normalized spacial score (nSPS) is 20.8. The van der Waals surface area contributed by atoms with Crippen LogP contribution in [-0.4, -0.2) is 35.6 Å². The number of hydrogen-bond acceptors (Lipinski definition) is 5. The van der Waals surface area contributed by atoms with Crippen molar-refractivity contribution in [2.24, 2.45) is 7.05 Å². The summed E-state index contributed by atoms with van der Waals surface area (Å²) in [5.74, 6) is 0. The summed E-state index contributed by atoms with van der Waals surface area (Å²) in [6, 6.07) is 51.6. The van der Waals surface area contributed by atoms with Crippen LogP contribution in [0.3, 0.4) is 0 Å². The monoisotopic (exact) mass is 653 g/mol. The average Bonchev–Trinajstić information content (AvgIpc) is 3.50. The van der Waals surface area contributed by atoms with E-state index in [-0.39, 0.29) is 0 Å². The van der Waals surface area contributed by atoms with Gasteiger partial charge in [-0.15, -0.1) is 0 Å². The summed E-state index contributed by atoms with van der Waals surface area (Å²) >= 11 is 0. The Kier molecular flexibility index (Phi) is 10.9. The van der Waals surface area contributed by atoms with E-state index in [0.29, 0.717) is 33.0 Å². The SMILES string of the molecule is Cn1c([C@H]2O[C@H](COCc3ccccc3)[C@@H](OCc3ccccc3)[C@H](OCc3ccccc3)[C@H]2OCc2ccccc2)cc2ccccc21. The lowest BCUT2D eigenvalue weighted by molar-refractivity contribution is -0.276. The molecule has 5 atom stereocenters. The summed E-state index contributed by atoms with van der Waals surface area (Å²) < 4.78 is 36.4. The molecular weight excluding hydrogens is 610 g/mol. The Morgan fingerprint density at radius 1 is 0.510 bits per heavy atom. The Morgan fingerprint density at radius 3 is 1.49 bits per heavy atom. The summed E-state index contributed by atoms with van der Waals surface area (Å²) in [7, 11) is 2.09. The van der Waals surface area contributed by atoms with Crippen LogP contribution in [0.5, 0.6) is 0 Å². The Hall–Kier alpha value is -4.56. The molecule has 0 bridgehead atoms. The summed E-state index contributed by atoms with van der Waals surface area (Å²) in [6.45, 7) is 2.00. The van der Waals surface area contributed by atoms with Crippen molar-refractivity contribution in [2.75, 3.05) is 6.61 Å². The predicted octanol–water partition coefficient (Wildman–Crippen LogP) is 8.59. The van der Waals surface area contributed by atoms with Crippen LogP contribution in [0.2, 0.25) is 0 Å². The van der Waals surface area contributed by atoms with Crippen LogP contribution in [0.4, 0.5) is 0 Å². The van der Waals surface area contributed by atoms with Crippen LogP contribution in [0.1, 0.15) is 34.1 Å². The molecule has 1 aromatic heterocycles. The minimum absolute atomic E-state index is 0.325. The van der Waals surface area contributed by atoms with Crippen LogP contribution >= 0.6 is 0 Å². The van der Waals surface area contributed by atoms with E-state index in [4.69, 9.17) is 23.7 Å². The molecule has 5 aromatic carbocycles. The summed E-state index contributed by atoms with van der Waals surface area (Å²) in [5.41, 5.74) is 6.48. The van der Waals surface area contributed by atoms with Crippen molar-refractivity contribution in [1.82, 2.24) is 4.57 Å². The zero-order valence-electron chi connectivity index (χ0n) is 27.8. The molecule has 6 nitrogen and oxygen atoms in total. The first kappa shape index (κ1) is 33.0. The highest BCUT2D eigenvalue weighted by atomic mass is 16.6. The van der Waals surface area contributed by atoms with Gasteiger partial charge in [0.05, 0.1) is 38.7 Å². The molecule has 1 aliphatic rings. The van der Waals surface area contributed by atoms with E-state index in [0.717, 1.165) is 38.9 Å². The molecular formula is C43H43NO5. The van der Waals surface area contributed by atoms with E-state index in [1.807, 2.05) is 72.8 Å². The average molecular weight is 654 g/mol. The third-order valence-electron chi connectivity index (χ3n) is 9.16. The molecule has 250 valence electrons. The lowest BCUT2D eigenvalue weighted by atomic mass is 9.92. The molecule has 6 heteroatoms. The molecule has 1 aliphatic heterocycles. The van der Waals surface area contributed by atoms with Gasteiger partial charge in [0.15, 0.2) is 0 Å². The Bertz CT molecular complexity index is 1860. The molecule has 7 rings (SSSR count). The van der Waals surface area contributed by atoms with Crippen LogP contribution < -0.4 is 0 Å². The highest BCUT2D eigenvalue weighted by molar-refractivity contribution is 5.81. The first-order valence-corrected chi connectivity index (χ1v) is 17.0. The molecule has 0 unspecified atom stereocenters. The van der Waals surface area contributed by atoms with Gasteiger partial charge in [-0.2, -0.15) is 0 Å². The van der Waals surface area contributed by atoms with Gasteiger partial charge in [-0.05, 0) is 39.8 Å². The molecule has 49 heavy (non-hydrogen) atoms. The predicted molar refractivity (Wildman–Crippen MR) is 192 cm³/mol. The van der Waals surface area contributed by atoms with E-state index < -0.39 is 30.5 Å². The molecule has 0 radical (unpaired) electrons. The van der Waals surface area contributed by atoms with Crippen molar-refractivity contribution in [3.63, 3.8) is 0 Å². The van der Waals surface area contributed by atoms with Crippen molar-refractivity contribution in [2.45, 2.75) is 56.9 Å². The van der Waals surface area contributed by atoms with Crippen molar-refractivity contribution < 1.29 is 23.7 Å². The van der Waals surface area contributed by atoms with Crippen molar-refractivity contribution in [1.29, 1.82) is 0 Å². The quantitative estimate of drug-likeness (QED) is 0.118. The molecule has 0 amide bonds. The highest BCUT2D eigenvalue weighted by Gasteiger charge is 2.49. The molecule has 0 aliphatic carbocycles. The smallest absolute Gasteiger partial charge is 0.127 e. The zero-order valence-corrected chi connectivity index (χ0v) is 27.8. The summed E-state index contributed by atoms with van der Waals surface area (Å²) in [6.07, 6.45) is -2.34. The number of fused-ring (bicyclic) bond motifs is 1. The maximum absolute atomic E-state index is 7.13. The van der Waals surface area contributed by atoms with Gasteiger partial charge in [0.2, 0.25) is 0 Å². The van der Waals surface area contributed by atoms with Crippen molar-refractivity contribution in [3.05, 3.63) is 180 Å². The van der Waals surface area contributed by atoms with Crippen LogP contribution in [0, 0.1) is 0 Å². The van der Waals surface area contributed by atoms with Crippen LogP contribution in [-0.2, 0) is 57.2 Å². The number of aryl methyl sites for hydroxylation is 1. The Balaban J connectivity index is 1.27. The minimum atomic E-state index is -0.488. The Morgan fingerprint density at radius 2 is 0.959 bits per heavy atom. The molecule has 2 heterocycles. The van der Waals surface area contributed by atoms with Gasteiger partial charge in [0.1, 0.15) is 30.5 Å². The Labute approximate surface area is 288 Å². The minimum Gasteiger partial charge on any atom is -0.374 e. The molecule has 6 aromatic rings. The van der Waals surface area contributed by atoms with E-state index in [2.05, 4.69) is 90.5 Å². The van der Waals surface area contributed by atoms with Gasteiger partial charge < -0.3 is 28.3 Å². The second kappa shape index (κ2) is 16.2. The topological polar surface area (TPSA) is 51.1 Å². The highest BCUT2D eigenvalue weighted by Crippen LogP contribution is 2.40. The van der Waals surface area contributed by atoms with E-state index in [1.165, 1.54) is 0 Å². The molecule has 0 N–H and O–H groups in total. The van der Waals surface area contributed by atoms with Gasteiger partial charge in [0.25, 0.3) is 0 Å². The number of hydrogen-bond donors (Lipinski definition) is 0. The third-order valence-corrected chi connectivity index (χ3v) is 9.16. The first-order valence-electron chi connectivity index (χ1n) is 17.0. The molecule has 1 saturated heterocycles. The lowest BCUT2D eigenvalue weighted by Gasteiger charge is -2.46. The van der Waals surface area contributed by atoms with Gasteiger partial charge >= 0.3 is 0 Å². The maximum atomic E-state index is 7.13. The molecule has 1 fully saturated rings. The molecule has 0 spiro atoms. The van der Waals surface area contributed by atoms with Gasteiger partial charge in [-0.3, -0.25) is 0 Å². The number of nitrogens with zero attached hydrogens (tertiary/aromatic N) is 1. The van der Waals surface area contributed by atoms with Crippen LogP contribution in [0.25, 0.3) is 10.9 Å². The first-order chi connectivity index (χ1) is 24.2. The van der Waals surface area contributed by atoms with Gasteiger partial charge in [0, 0.05) is 12.6 Å². The number of benzene rings is 5. The number of ether oxygens (including phenoxy) is 5. The van der Waals surface area contributed by atoms with Gasteiger partial charge in [-0.25, -0.2) is 0 Å². The van der Waals surface area contributed by atoms with E-state index in [1.54, 1.807) is 0 Å². The van der Waals surface area contributed by atoms with Gasteiger partial charge in [-0.1, -0.05) is 140 Å². The fourth-order valence-electron chi connectivity index (χ4n) is 6.61. The number of para-hydroxylation sites is 1. The zero-order chi connectivity index (χ0) is 33.3.